The number of benzene rings is 2. The molecule has 2 N–H and O–H groups in total. The fourth-order valence-electron chi connectivity index (χ4n) is 2.71. The minimum atomic E-state index is 0.387. The number of pyridine rings is 2. The molecule has 0 amide bonds. The first-order valence-corrected chi connectivity index (χ1v) is 8.50. The average Bonchev–Trinajstić information content (AvgIpc) is 2.69. The molecule has 0 saturated heterocycles. The Balaban J connectivity index is 1.88. The Morgan fingerprint density at radius 2 is 1.65 bits per heavy atom. The lowest BCUT2D eigenvalue weighted by molar-refractivity contribution is 1.24. The normalized spacial score (nSPS) is 11.7. The Morgan fingerprint density at radius 1 is 0.885 bits per heavy atom. The van der Waals surface area contributed by atoms with Crippen LogP contribution in [0.25, 0.3) is 22.2 Å². The monoisotopic (exact) mass is 358 g/mol. The van der Waals surface area contributed by atoms with E-state index in [1.54, 1.807) is 18.3 Å². The van der Waals surface area contributed by atoms with Gasteiger partial charge in [0.25, 0.3) is 0 Å². The second kappa shape index (κ2) is 6.94. The topological polar surface area (TPSA) is 64.2 Å². The van der Waals surface area contributed by atoms with Crippen LogP contribution in [0.5, 0.6) is 0 Å². The van der Waals surface area contributed by atoms with E-state index in [-0.39, 0.29) is 0 Å². The summed E-state index contributed by atoms with van der Waals surface area (Å²) >= 11 is 5.94. The van der Waals surface area contributed by atoms with Gasteiger partial charge in [-0.3, -0.25) is 4.98 Å². The zero-order valence-corrected chi connectivity index (χ0v) is 14.6. The third-order valence-corrected chi connectivity index (χ3v) is 4.27. The molecule has 2 aromatic carbocycles. The van der Waals surface area contributed by atoms with Crippen LogP contribution in [0, 0.1) is 0 Å². The number of aliphatic imine (C=N–C) groups is 1. The summed E-state index contributed by atoms with van der Waals surface area (Å²) in [5.41, 5.74) is 8.55. The van der Waals surface area contributed by atoms with Gasteiger partial charge in [-0.05, 0) is 47.9 Å². The van der Waals surface area contributed by atoms with Crippen molar-refractivity contribution in [2.24, 2.45) is 10.7 Å². The molecule has 4 rings (SSSR count). The first-order valence-electron chi connectivity index (χ1n) is 8.12. The van der Waals surface area contributed by atoms with Crippen molar-refractivity contribution < 1.29 is 0 Å². The lowest BCUT2D eigenvalue weighted by atomic mass is 10.1. The summed E-state index contributed by atoms with van der Waals surface area (Å²) in [4.78, 5) is 13.7. The highest BCUT2D eigenvalue weighted by Crippen LogP contribution is 2.29. The number of nitrogens with two attached hydrogens (primary N) is 1. The lowest BCUT2D eigenvalue weighted by Gasteiger charge is -2.07. The van der Waals surface area contributed by atoms with Gasteiger partial charge in [0, 0.05) is 22.2 Å². The van der Waals surface area contributed by atoms with Crippen LogP contribution in [-0.2, 0) is 0 Å². The molecular weight excluding hydrogens is 344 g/mol. The lowest BCUT2D eigenvalue weighted by Crippen LogP contribution is -2.12. The Kier molecular flexibility index (Phi) is 4.33. The molecule has 2 aromatic heterocycles. The van der Waals surface area contributed by atoms with E-state index in [4.69, 9.17) is 22.3 Å². The first kappa shape index (κ1) is 16.2. The van der Waals surface area contributed by atoms with Crippen molar-refractivity contribution in [1.29, 1.82) is 0 Å². The predicted octanol–water partition coefficient (Wildman–Crippen LogP) is 4.99. The van der Waals surface area contributed by atoms with E-state index in [9.17, 15) is 0 Å². The summed E-state index contributed by atoms with van der Waals surface area (Å²) in [7, 11) is 0. The fraction of sp³-hybridized carbons (Fsp3) is 0. The standard InChI is InChI=1S/C21H15ClN4/c22-16-10-8-14(9-11-16)20(23)26-21-17-6-2-1-5-15(17)13-19(25-21)18-7-3-4-12-24-18/h1-13H,(H2,23,25,26). The maximum atomic E-state index is 6.21. The van der Waals surface area contributed by atoms with Crippen molar-refractivity contribution in [2.75, 3.05) is 0 Å². The van der Waals surface area contributed by atoms with Crippen LogP contribution in [0.15, 0.2) is 84.0 Å². The van der Waals surface area contributed by atoms with Crippen molar-refractivity contribution in [3.63, 3.8) is 0 Å². The van der Waals surface area contributed by atoms with Crippen LogP contribution in [0.3, 0.4) is 0 Å². The molecule has 0 radical (unpaired) electrons. The number of aromatic nitrogens is 2. The van der Waals surface area contributed by atoms with Gasteiger partial charge < -0.3 is 5.73 Å². The van der Waals surface area contributed by atoms with Crippen LogP contribution in [0.2, 0.25) is 5.02 Å². The molecule has 0 aliphatic carbocycles. The van der Waals surface area contributed by atoms with Gasteiger partial charge in [0.15, 0.2) is 5.82 Å². The van der Waals surface area contributed by atoms with E-state index in [1.165, 1.54) is 0 Å². The number of nitrogens with zero attached hydrogens (tertiary/aromatic N) is 3. The van der Waals surface area contributed by atoms with Crippen LogP contribution in [0.4, 0.5) is 5.82 Å². The summed E-state index contributed by atoms with van der Waals surface area (Å²) < 4.78 is 0. The smallest absolute Gasteiger partial charge is 0.162 e. The Hall–Kier alpha value is -3.24. The molecule has 0 spiro atoms. The minimum absolute atomic E-state index is 0.387. The molecule has 5 heteroatoms. The van der Waals surface area contributed by atoms with Crippen LogP contribution < -0.4 is 5.73 Å². The van der Waals surface area contributed by atoms with Gasteiger partial charge in [-0.15, -0.1) is 0 Å². The van der Waals surface area contributed by atoms with E-state index in [1.807, 2.05) is 60.7 Å². The Morgan fingerprint density at radius 3 is 2.42 bits per heavy atom. The Bertz CT molecular complexity index is 1090. The fourth-order valence-corrected chi connectivity index (χ4v) is 2.84. The van der Waals surface area contributed by atoms with E-state index in [0.717, 1.165) is 27.7 Å². The van der Waals surface area contributed by atoms with Gasteiger partial charge >= 0.3 is 0 Å². The summed E-state index contributed by atoms with van der Waals surface area (Å²) in [5, 5.41) is 2.62. The highest BCUT2D eigenvalue weighted by molar-refractivity contribution is 6.30. The molecule has 0 aliphatic heterocycles. The molecular formula is C21H15ClN4. The zero-order valence-electron chi connectivity index (χ0n) is 13.8. The van der Waals surface area contributed by atoms with Gasteiger partial charge in [0.1, 0.15) is 5.84 Å². The van der Waals surface area contributed by atoms with E-state index >= 15 is 0 Å². The van der Waals surface area contributed by atoms with Crippen LogP contribution >= 0.6 is 11.6 Å². The van der Waals surface area contributed by atoms with E-state index < -0.39 is 0 Å². The second-order valence-corrected chi connectivity index (χ2v) is 6.21. The number of hydrogen-bond donors (Lipinski definition) is 1. The van der Waals surface area contributed by atoms with Crippen molar-refractivity contribution in [1.82, 2.24) is 9.97 Å². The second-order valence-electron chi connectivity index (χ2n) is 5.77. The van der Waals surface area contributed by atoms with Gasteiger partial charge in [0.2, 0.25) is 0 Å². The molecule has 2 heterocycles. The quantitative estimate of drug-likeness (QED) is 0.414. The zero-order chi connectivity index (χ0) is 17.9. The molecule has 0 aliphatic rings. The van der Waals surface area contributed by atoms with E-state index in [2.05, 4.69) is 9.98 Å². The van der Waals surface area contributed by atoms with Crippen LogP contribution in [-0.4, -0.2) is 15.8 Å². The number of amidine groups is 1. The van der Waals surface area contributed by atoms with Crippen molar-refractivity contribution >= 4 is 34.0 Å². The maximum absolute atomic E-state index is 6.21. The number of halogens is 1. The molecule has 126 valence electrons. The number of rotatable bonds is 3. The molecule has 0 unspecified atom stereocenters. The highest BCUT2D eigenvalue weighted by atomic mass is 35.5. The molecule has 0 bridgehead atoms. The predicted molar refractivity (Wildman–Crippen MR) is 107 cm³/mol. The van der Waals surface area contributed by atoms with Crippen molar-refractivity contribution in [3.8, 4) is 11.4 Å². The first-order chi connectivity index (χ1) is 12.7. The SMILES string of the molecule is NC(=Nc1nc(-c2ccccn2)cc2ccccc12)c1ccc(Cl)cc1. The Labute approximate surface area is 156 Å². The maximum Gasteiger partial charge on any atom is 0.162 e. The van der Waals surface area contributed by atoms with E-state index in [0.29, 0.717) is 16.7 Å². The van der Waals surface area contributed by atoms with Gasteiger partial charge in [-0.2, -0.15) is 0 Å². The van der Waals surface area contributed by atoms with Gasteiger partial charge in [-0.1, -0.05) is 41.9 Å². The van der Waals surface area contributed by atoms with Crippen molar-refractivity contribution in [2.45, 2.75) is 0 Å². The minimum Gasteiger partial charge on any atom is -0.383 e. The molecule has 4 aromatic rings. The third kappa shape index (κ3) is 3.27. The van der Waals surface area contributed by atoms with Gasteiger partial charge in [0.05, 0.1) is 11.4 Å². The summed E-state index contributed by atoms with van der Waals surface area (Å²) in [6.45, 7) is 0. The number of fused-ring (bicyclic) bond motifs is 1. The largest absolute Gasteiger partial charge is 0.383 e. The summed E-state index contributed by atoms with van der Waals surface area (Å²) in [6, 6.07) is 23.0. The van der Waals surface area contributed by atoms with Crippen LogP contribution in [0.1, 0.15) is 5.56 Å². The summed E-state index contributed by atoms with van der Waals surface area (Å²) in [5.74, 6) is 0.952. The van der Waals surface area contributed by atoms with Gasteiger partial charge in [-0.25, -0.2) is 9.98 Å². The highest BCUT2D eigenvalue weighted by Gasteiger charge is 2.09. The molecule has 4 nitrogen and oxygen atoms in total. The summed E-state index contributed by atoms with van der Waals surface area (Å²) in [6.07, 6.45) is 1.75. The van der Waals surface area contributed by atoms with Crippen molar-refractivity contribution in [3.05, 3.63) is 89.6 Å². The third-order valence-electron chi connectivity index (χ3n) is 4.01. The molecule has 0 fully saturated rings. The molecule has 0 saturated carbocycles. The molecule has 26 heavy (non-hydrogen) atoms. The molecule has 0 atom stereocenters. The average molecular weight is 359 g/mol. The number of hydrogen-bond acceptors (Lipinski definition) is 3.